The Hall–Kier alpha value is -2.75. The number of nitrogen functional groups attached to an aromatic ring is 1. The third kappa shape index (κ3) is 4.92. The molecule has 3 fully saturated rings. The van der Waals surface area contributed by atoms with Crippen molar-refractivity contribution in [1.29, 1.82) is 0 Å². The van der Waals surface area contributed by atoms with Crippen LogP contribution in [-0.2, 0) is 6.54 Å². The summed E-state index contributed by atoms with van der Waals surface area (Å²) in [6.45, 7) is 7.93. The number of aromatic nitrogens is 4. The Balaban J connectivity index is 1.14. The van der Waals surface area contributed by atoms with Crippen molar-refractivity contribution in [3.63, 3.8) is 0 Å². The first-order chi connectivity index (χ1) is 18.0. The molecule has 10 heteroatoms. The van der Waals surface area contributed by atoms with Crippen LogP contribution in [0.2, 0.25) is 5.15 Å². The van der Waals surface area contributed by atoms with Crippen LogP contribution in [0, 0.1) is 0 Å². The van der Waals surface area contributed by atoms with Gasteiger partial charge in [-0.15, -0.1) is 0 Å². The van der Waals surface area contributed by atoms with Gasteiger partial charge in [0.15, 0.2) is 5.65 Å². The van der Waals surface area contributed by atoms with Crippen LogP contribution in [0.4, 0.5) is 11.8 Å². The van der Waals surface area contributed by atoms with E-state index >= 15 is 0 Å². The van der Waals surface area contributed by atoms with Gasteiger partial charge >= 0.3 is 0 Å². The van der Waals surface area contributed by atoms with Gasteiger partial charge in [0.05, 0.1) is 5.39 Å². The maximum Gasteiger partial charge on any atom is 0.264 e. The van der Waals surface area contributed by atoms with E-state index in [0.717, 1.165) is 82.9 Å². The lowest BCUT2D eigenvalue weighted by Gasteiger charge is -2.47. The summed E-state index contributed by atoms with van der Waals surface area (Å²) < 4.78 is 1.95. The average Bonchev–Trinajstić information content (AvgIpc) is 3.75. The van der Waals surface area contributed by atoms with Crippen molar-refractivity contribution >= 4 is 34.4 Å². The van der Waals surface area contributed by atoms with Crippen LogP contribution in [0.15, 0.2) is 35.3 Å². The molecule has 5 heterocycles. The van der Waals surface area contributed by atoms with Crippen molar-refractivity contribution in [3.8, 4) is 0 Å². The molecule has 0 amide bonds. The molecule has 3 aromatic heterocycles. The van der Waals surface area contributed by atoms with E-state index in [1.807, 2.05) is 28.8 Å². The van der Waals surface area contributed by atoms with Gasteiger partial charge in [-0.3, -0.25) is 19.2 Å². The Morgan fingerprint density at radius 3 is 2.57 bits per heavy atom. The molecule has 0 spiro atoms. The summed E-state index contributed by atoms with van der Waals surface area (Å²) in [5.74, 6) is 1.33. The van der Waals surface area contributed by atoms with Crippen LogP contribution in [0.25, 0.3) is 11.0 Å². The van der Waals surface area contributed by atoms with E-state index in [0.29, 0.717) is 34.1 Å². The van der Waals surface area contributed by atoms with Crippen molar-refractivity contribution in [1.82, 2.24) is 29.3 Å². The zero-order valence-corrected chi connectivity index (χ0v) is 22.1. The molecule has 1 aliphatic carbocycles. The lowest BCUT2D eigenvalue weighted by atomic mass is 9.98. The maximum absolute atomic E-state index is 13.4. The monoisotopic (exact) mass is 522 g/mol. The molecule has 1 atom stereocenters. The summed E-state index contributed by atoms with van der Waals surface area (Å²) in [7, 11) is 0. The molecule has 1 saturated carbocycles. The number of piperidine rings is 1. The molecule has 0 bridgehead atoms. The van der Waals surface area contributed by atoms with Crippen LogP contribution >= 0.6 is 11.6 Å². The van der Waals surface area contributed by atoms with Crippen molar-refractivity contribution in [2.24, 2.45) is 0 Å². The highest BCUT2D eigenvalue weighted by Gasteiger charge is 2.36. The second-order valence-electron chi connectivity index (χ2n) is 10.6. The van der Waals surface area contributed by atoms with Gasteiger partial charge in [-0.25, -0.2) is 9.97 Å². The maximum atomic E-state index is 13.4. The summed E-state index contributed by atoms with van der Waals surface area (Å²) in [5, 5.41) is 1.06. The van der Waals surface area contributed by atoms with E-state index in [2.05, 4.69) is 31.6 Å². The summed E-state index contributed by atoms with van der Waals surface area (Å²) >= 11 is 5.96. The minimum atomic E-state index is 0.0509. The molecule has 2 aliphatic heterocycles. The molecule has 0 aromatic carbocycles. The number of anilines is 2. The Bertz CT molecular complexity index is 1330. The highest BCUT2D eigenvalue weighted by atomic mass is 35.5. The summed E-state index contributed by atoms with van der Waals surface area (Å²) in [4.78, 5) is 34.4. The van der Waals surface area contributed by atoms with Gasteiger partial charge in [0.1, 0.15) is 11.0 Å². The van der Waals surface area contributed by atoms with Gasteiger partial charge in [0.2, 0.25) is 5.95 Å². The zero-order valence-electron chi connectivity index (χ0n) is 21.4. The number of rotatable bonds is 6. The van der Waals surface area contributed by atoms with Crippen molar-refractivity contribution in [2.45, 2.75) is 63.7 Å². The molecule has 37 heavy (non-hydrogen) atoms. The molecule has 3 aromatic rings. The van der Waals surface area contributed by atoms with E-state index in [1.54, 1.807) is 6.20 Å². The normalized spacial score (nSPS) is 22.1. The number of hydrogen-bond donors (Lipinski definition) is 1. The number of nitrogens with two attached hydrogens (primary N) is 1. The number of halogens is 1. The smallest absolute Gasteiger partial charge is 0.264 e. The fraction of sp³-hybridized carbons (Fsp3) is 0.556. The lowest BCUT2D eigenvalue weighted by molar-refractivity contribution is 0.0607. The number of likely N-dealkylation sites (tertiary alicyclic amines) is 1. The van der Waals surface area contributed by atoms with Gasteiger partial charge in [-0.05, 0) is 63.4 Å². The van der Waals surface area contributed by atoms with E-state index < -0.39 is 0 Å². The molecule has 0 radical (unpaired) electrons. The second kappa shape index (κ2) is 10.2. The Labute approximate surface area is 222 Å². The zero-order chi connectivity index (χ0) is 25.5. The number of pyridine rings is 2. The van der Waals surface area contributed by atoms with Gasteiger partial charge in [-0.2, -0.15) is 4.98 Å². The third-order valence-electron chi connectivity index (χ3n) is 8.25. The standard InChI is InChI=1S/C27H35ClN8O/c1-2-19-17-34(27-32-25-22(4-3-11-30-25)26(37)36(27)21-6-7-21)14-15-35(19)20-9-12-33(13-10-20)16-18-5-8-23(28)31-24(18)29/h3-5,8,11,19-21H,2,6-7,9-10,12-17H2,1H3,(H2,29,31)/t19-/m0/s1. The first-order valence-corrected chi connectivity index (χ1v) is 13.9. The van der Waals surface area contributed by atoms with Crippen LogP contribution < -0.4 is 16.2 Å². The molecule has 0 unspecified atom stereocenters. The SMILES string of the molecule is CC[C@H]1CN(c2nc3ncccc3c(=O)n2C2CC2)CCN1C1CCN(Cc2ccc(Cl)nc2N)CC1. The summed E-state index contributed by atoms with van der Waals surface area (Å²) in [6, 6.07) is 8.74. The summed E-state index contributed by atoms with van der Waals surface area (Å²) in [5.41, 5.74) is 7.74. The van der Waals surface area contributed by atoms with Crippen LogP contribution in [0.1, 0.15) is 50.6 Å². The molecule has 2 N–H and O–H groups in total. The minimum absolute atomic E-state index is 0.0509. The van der Waals surface area contributed by atoms with Gasteiger partial charge in [0, 0.05) is 56.1 Å². The van der Waals surface area contributed by atoms with E-state index in [9.17, 15) is 4.79 Å². The predicted molar refractivity (Wildman–Crippen MR) is 147 cm³/mol. The summed E-state index contributed by atoms with van der Waals surface area (Å²) in [6.07, 6.45) is 7.17. The Morgan fingerprint density at radius 2 is 1.84 bits per heavy atom. The molecule has 9 nitrogen and oxygen atoms in total. The fourth-order valence-electron chi connectivity index (χ4n) is 6.06. The number of piperazine rings is 1. The first-order valence-electron chi connectivity index (χ1n) is 13.5. The van der Waals surface area contributed by atoms with Crippen LogP contribution in [-0.4, -0.2) is 74.1 Å². The third-order valence-corrected chi connectivity index (χ3v) is 8.46. The van der Waals surface area contributed by atoms with Crippen molar-refractivity contribution < 1.29 is 0 Å². The topological polar surface area (TPSA) is 96.4 Å². The first kappa shape index (κ1) is 24.6. The number of hydrogen-bond acceptors (Lipinski definition) is 8. The van der Waals surface area contributed by atoms with E-state index in [4.69, 9.17) is 22.3 Å². The van der Waals surface area contributed by atoms with Crippen molar-refractivity contribution in [2.75, 3.05) is 43.4 Å². The number of fused-ring (bicyclic) bond motifs is 1. The highest BCUT2D eigenvalue weighted by Crippen LogP contribution is 2.37. The largest absolute Gasteiger partial charge is 0.383 e. The molecule has 3 aliphatic rings. The van der Waals surface area contributed by atoms with Crippen LogP contribution in [0.5, 0.6) is 0 Å². The quantitative estimate of drug-likeness (QED) is 0.492. The molecular formula is C27H35ClN8O. The van der Waals surface area contributed by atoms with Gasteiger partial charge < -0.3 is 10.6 Å². The minimum Gasteiger partial charge on any atom is -0.383 e. The lowest BCUT2D eigenvalue weighted by Crippen LogP contribution is -2.59. The Kier molecular flexibility index (Phi) is 6.77. The second-order valence-corrected chi connectivity index (χ2v) is 11.0. The average molecular weight is 523 g/mol. The van der Waals surface area contributed by atoms with E-state index in [-0.39, 0.29) is 11.6 Å². The Morgan fingerprint density at radius 1 is 1.03 bits per heavy atom. The molecule has 196 valence electrons. The highest BCUT2D eigenvalue weighted by molar-refractivity contribution is 6.29. The molecule has 6 rings (SSSR count). The number of nitrogens with zero attached hydrogens (tertiary/aromatic N) is 7. The molecular weight excluding hydrogens is 488 g/mol. The van der Waals surface area contributed by atoms with Crippen molar-refractivity contribution in [3.05, 3.63) is 51.5 Å². The predicted octanol–water partition coefficient (Wildman–Crippen LogP) is 3.32. The van der Waals surface area contributed by atoms with E-state index in [1.165, 1.54) is 0 Å². The van der Waals surface area contributed by atoms with Gasteiger partial charge in [0.25, 0.3) is 5.56 Å². The van der Waals surface area contributed by atoms with Gasteiger partial charge in [-0.1, -0.05) is 24.6 Å². The fourth-order valence-corrected chi connectivity index (χ4v) is 6.22. The van der Waals surface area contributed by atoms with Crippen LogP contribution in [0.3, 0.4) is 0 Å². The molecule has 2 saturated heterocycles.